The van der Waals surface area contributed by atoms with Crippen LogP contribution in [-0.4, -0.2) is 44.7 Å². The smallest absolute Gasteiger partial charge is 0.171 e. The zero-order valence-corrected chi connectivity index (χ0v) is 14.1. The lowest BCUT2D eigenvalue weighted by atomic mass is 10.0. The molecular formula is C14H21N3O2S2. The van der Waals surface area contributed by atoms with Crippen LogP contribution in [0.25, 0.3) is 0 Å². The van der Waals surface area contributed by atoms with Crippen molar-refractivity contribution in [1.82, 2.24) is 5.32 Å². The first kappa shape index (κ1) is 16.0. The number of hydrogen-bond donors (Lipinski definition) is 2. The maximum atomic E-state index is 11.6. The number of sulfone groups is 1. The fourth-order valence-electron chi connectivity index (χ4n) is 2.41. The van der Waals surface area contributed by atoms with Crippen molar-refractivity contribution in [1.29, 1.82) is 0 Å². The highest BCUT2D eigenvalue weighted by Crippen LogP contribution is 2.23. The lowest BCUT2D eigenvalue weighted by Gasteiger charge is -2.26. The van der Waals surface area contributed by atoms with Gasteiger partial charge in [0, 0.05) is 25.5 Å². The molecule has 1 aliphatic rings. The second-order valence-electron chi connectivity index (χ2n) is 5.93. The second-order valence-corrected chi connectivity index (χ2v) is 8.52. The van der Waals surface area contributed by atoms with Crippen LogP contribution in [0.5, 0.6) is 0 Å². The van der Waals surface area contributed by atoms with Crippen molar-refractivity contribution in [2.24, 2.45) is 0 Å². The van der Waals surface area contributed by atoms with E-state index in [0.717, 1.165) is 11.4 Å². The van der Waals surface area contributed by atoms with Crippen LogP contribution in [0.1, 0.15) is 13.3 Å². The van der Waals surface area contributed by atoms with E-state index in [1.165, 1.54) is 0 Å². The number of anilines is 2. The van der Waals surface area contributed by atoms with E-state index in [1.807, 2.05) is 50.2 Å². The van der Waals surface area contributed by atoms with Crippen LogP contribution >= 0.6 is 12.2 Å². The first-order chi connectivity index (χ1) is 9.69. The molecule has 0 amide bonds. The molecule has 1 fully saturated rings. The highest BCUT2D eigenvalue weighted by Gasteiger charge is 2.38. The summed E-state index contributed by atoms with van der Waals surface area (Å²) < 4.78 is 23.2. The molecule has 1 atom stereocenters. The number of nitrogens with zero attached hydrogens (tertiary/aromatic N) is 1. The molecule has 116 valence electrons. The van der Waals surface area contributed by atoms with Crippen molar-refractivity contribution in [2.75, 3.05) is 35.8 Å². The predicted molar refractivity (Wildman–Crippen MR) is 91.8 cm³/mol. The van der Waals surface area contributed by atoms with Gasteiger partial charge in [0.15, 0.2) is 14.9 Å². The molecule has 0 bridgehead atoms. The van der Waals surface area contributed by atoms with Gasteiger partial charge in [0.05, 0.1) is 17.0 Å². The maximum absolute atomic E-state index is 11.6. The summed E-state index contributed by atoms with van der Waals surface area (Å²) in [4.78, 5) is 2.01. The molecule has 5 nitrogen and oxygen atoms in total. The maximum Gasteiger partial charge on any atom is 0.171 e. The Morgan fingerprint density at radius 3 is 2.67 bits per heavy atom. The summed E-state index contributed by atoms with van der Waals surface area (Å²) in [5.41, 5.74) is 1.46. The highest BCUT2D eigenvalue weighted by molar-refractivity contribution is 7.91. The number of thiocarbonyl (C=S) groups is 1. The van der Waals surface area contributed by atoms with Crippen LogP contribution in [0.2, 0.25) is 0 Å². The van der Waals surface area contributed by atoms with Crippen molar-refractivity contribution in [2.45, 2.75) is 18.9 Å². The average molecular weight is 327 g/mol. The topological polar surface area (TPSA) is 61.4 Å². The zero-order chi connectivity index (χ0) is 15.7. The van der Waals surface area contributed by atoms with Gasteiger partial charge in [-0.05, 0) is 43.8 Å². The van der Waals surface area contributed by atoms with Gasteiger partial charge in [-0.1, -0.05) is 6.07 Å². The van der Waals surface area contributed by atoms with E-state index in [1.54, 1.807) is 0 Å². The molecule has 7 heteroatoms. The number of hydrogen-bond acceptors (Lipinski definition) is 4. The lowest BCUT2D eigenvalue weighted by Crippen LogP contribution is -2.48. The van der Waals surface area contributed by atoms with Crippen molar-refractivity contribution in [3.63, 3.8) is 0 Å². The molecule has 1 aromatic carbocycles. The van der Waals surface area contributed by atoms with E-state index in [9.17, 15) is 8.42 Å². The van der Waals surface area contributed by atoms with Crippen molar-refractivity contribution in [3.05, 3.63) is 24.3 Å². The van der Waals surface area contributed by atoms with Crippen LogP contribution in [0.3, 0.4) is 0 Å². The molecular weight excluding hydrogens is 306 g/mol. The van der Waals surface area contributed by atoms with Gasteiger partial charge >= 0.3 is 0 Å². The molecule has 2 N–H and O–H groups in total. The Bertz CT molecular complexity index is 643. The van der Waals surface area contributed by atoms with Crippen molar-refractivity contribution >= 4 is 38.5 Å². The van der Waals surface area contributed by atoms with Crippen LogP contribution in [0.15, 0.2) is 24.3 Å². The van der Waals surface area contributed by atoms with Crippen molar-refractivity contribution in [3.8, 4) is 0 Å². The van der Waals surface area contributed by atoms with E-state index in [0.29, 0.717) is 11.5 Å². The fourth-order valence-corrected chi connectivity index (χ4v) is 4.86. The molecule has 1 heterocycles. The molecule has 1 saturated heterocycles. The first-order valence-corrected chi connectivity index (χ1v) is 8.99. The minimum Gasteiger partial charge on any atom is -0.378 e. The highest BCUT2D eigenvalue weighted by atomic mass is 32.2. The second kappa shape index (κ2) is 5.81. The first-order valence-electron chi connectivity index (χ1n) is 6.76. The molecule has 2 rings (SSSR count). The normalized spacial score (nSPS) is 23.6. The lowest BCUT2D eigenvalue weighted by molar-refractivity contribution is 0.474. The van der Waals surface area contributed by atoms with Crippen LogP contribution in [0.4, 0.5) is 11.4 Å². The summed E-state index contributed by atoms with van der Waals surface area (Å²) in [7, 11) is 0.998. The Hall–Kier alpha value is -1.34. The minimum absolute atomic E-state index is 0.125. The fraction of sp³-hybridized carbons (Fsp3) is 0.500. The summed E-state index contributed by atoms with van der Waals surface area (Å²) in [5, 5.41) is 6.70. The number of rotatable bonds is 3. The van der Waals surface area contributed by atoms with Crippen LogP contribution < -0.4 is 15.5 Å². The van der Waals surface area contributed by atoms with Gasteiger partial charge in [0.1, 0.15) is 0 Å². The van der Waals surface area contributed by atoms with E-state index in [4.69, 9.17) is 12.2 Å². The van der Waals surface area contributed by atoms with E-state index >= 15 is 0 Å². The summed E-state index contributed by atoms with van der Waals surface area (Å²) in [6, 6.07) is 7.87. The largest absolute Gasteiger partial charge is 0.378 e. The summed E-state index contributed by atoms with van der Waals surface area (Å²) in [6.07, 6.45) is 0.578. The van der Waals surface area contributed by atoms with Gasteiger partial charge in [-0.25, -0.2) is 8.42 Å². The van der Waals surface area contributed by atoms with Crippen LogP contribution in [-0.2, 0) is 9.84 Å². The van der Waals surface area contributed by atoms with Gasteiger partial charge in [0.2, 0.25) is 0 Å². The Balaban J connectivity index is 2.01. The molecule has 0 aliphatic carbocycles. The SMILES string of the molecule is CN(C)c1cccc(NC(=S)NC2(C)CCS(=O)(=O)C2)c1. The predicted octanol–water partition coefficient (Wildman–Crippen LogP) is 1.62. The Kier molecular flexibility index (Phi) is 4.43. The third-order valence-electron chi connectivity index (χ3n) is 3.54. The Morgan fingerprint density at radius 2 is 2.10 bits per heavy atom. The van der Waals surface area contributed by atoms with Crippen LogP contribution in [0, 0.1) is 0 Å². The molecule has 0 radical (unpaired) electrons. The Labute approximate surface area is 131 Å². The average Bonchev–Trinajstić information content (AvgIpc) is 2.63. The molecule has 0 saturated carbocycles. The van der Waals surface area contributed by atoms with Gasteiger partial charge in [-0.3, -0.25) is 0 Å². The summed E-state index contributed by atoms with van der Waals surface area (Å²) >= 11 is 5.30. The molecule has 1 aromatic rings. The number of benzene rings is 1. The van der Waals surface area contributed by atoms with Gasteiger partial charge < -0.3 is 15.5 Å². The minimum atomic E-state index is -2.95. The van der Waals surface area contributed by atoms with Gasteiger partial charge in [-0.2, -0.15) is 0 Å². The standard InChI is InChI=1S/C14H21N3O2S2/c1-14(7-8-21(18,19)10-14)16-13(20)15-11-5-4-6-12(9-11)17(2)3/h4-6,9H,7-8,10H2,1-3H3,(H2,15,16,20). The van der Waals surface area contributed by atoms with E-state index in [-0.39, 0.29) is 11.5 Å². The third kappa shape index (κ3) is 4.31. The molecule has 1 aliphatic heterocycles. The third-order valence-corrected chi connectivity index (χ3v) is 5.65. The van der Waals surface area contributed by atoms with E-state index < -0.39 is 15.4 Å². The molecule has 0 aromatic heterocycles. The Morgan fingerprint density at radius 1 is 1.38 bits per heavy atom. The van der Waals surface area contributed by atoms with Crippen molar-refractivity contribution < 1.29 is 8.42 Å². The molecule has 1 unspecified atom stereocenters. The quantitative estimate of drug-likeness (QED) is 0.823. The van der Waals surface area contributed by atoms with E-state index in [2.05, 4.69) is 10.6 Å². The number of nitrogens with one attached hydrogen (secondary N) is 2. The molecule has 0 spiro atoms. The molecule has 21 heavy (non-hydrogen) atoms. The summed E-state index contributed by atoms with van der Waals surface area (Å²) in [6.45, 7) is 1.89. The van der Waals surface area contributed by atoms with Gasteiger partial charge in [-0.15, -0.1) is 0 Å². The zero-order valence-electron chi connectivity index (χ0n) is 12.5. The summed E-state index contributed by atoms with van der Waals surface area (Å²) in [5.74, 6) is 0.342. The monoisotopic (exact) mass is 327 g/mol. The van der Waals surface area contributed by atoms with Gasteiger partial charge in [0.25, 0.3) is 0 Å².